The summed E-state index contributed by atoms with van der Waals surface area (Å²) in [6.45, 7) is 0. The van der Waals surface area contributed by atoms with Gasteiger partial charge in [-0.15, -0.1) is 0 Å². The molecule has 0 spiro atoms. The van der Waals surface area contributed by atoms with Crippen LogP contribution in [-0.2, 0) is 4.79 Å². The summed E-state index contributed by atoms with van der Waals surface area (Å²) < 4.78 is 0. The number of benzene rings is 1. The van der Waals surface area contributed by atoms with E-state index in [1.807, 2.05) is 54.7 Å². The minimum absolute atomic E-state index is 0.0264. The van der Waals surface area contributed by atoms with E-state index in [-0.39, 0.29) is 11.8 Å². The summed E-state index contributed by atoms with van der Waals surface area (Å²) in [5.41, 5.74) is 4.42. The Balaban J connectivity index is 1.68. The van der Waals surface area contributed by atoms with Gasteiger partial charge in [0.1, 0.15) is 0 Å². The summed E-state index contributed by atoms with van der Waals surface area (Å²) in [5.74, 6) is 0.670. The molecular formula is C21H17N5O. The third-order valence-corrected chi connectivity index (χ3v) is 4.76. The Morgan fingerprint density at radius 2 is 1.89 bits per heavy atom. The lowest BCUT2D eigenvalue weighted by atomic mass is 9.99. The normalized spacial score (nSPS) is 13.6. The van der Waals surface area contributed by atoms with Crippen LogP contribution in [0.1, 0.15) is 12.8 Å². The largest absolute Gasteiger partial charge is 0.308 e. The number of hydrogen-bond acceptors (Lipinski definition) is 4. The maximum absolute atomic E-state index is 12.2. The zero-order valence-corrected chi connectivity index (χ0v) is 14.5. The minimum Gasteiger partial charge on any atom is -0.308 e. The Kier molecular flexibility index (Phi) is 3.67. The first-order valence-corrected chi connectivity index (χ1v) is 8.95. The quantitative estimate of drug-likeness (QED) is 0.579. The molecule has 1 fully saturated rings. The zero-order valence-electron chi connectivity index (χ0n) is 14.5. The van der Waals surface area contributed by atoms with Crippen LogP contribution in [0.15, 0.2) is 60.9 Å². The number of nitrogens with one attached hydrogen (secondary N) is 2. The maximum Gasteiger partial charge on any atom is 0.228 e. The Hall–Kier alpha value is -3.54. The summed E-state index contributed by atoms with van der Waals surface area (Å²) >= 11 is 0. The van der Waals surface area contributed by atoms with Crippen LogP contribution in [0.2, 0.25) is 0 Å². The van der Waals surface area contributed by atoms with Crippen LogP contribution in [0.25, 0.3) is 33.4 Å². The van der Waals surface area contributed by atoms with Gasteiger partial charge in [-0.1, -0.05) is 36.4 Å². The average Bonchev–Trinajstić information content (AvgIpc) is 3.51. The number of fused-ring (bicyclic) bond motifs is 1. The molecule has 1 aromatic carbocycles. The number of hydrogen-bond donors (Lipinski definition) is 2. The van der Waals surface area contributed by atoms with Crippen molar-refractivity contribution in [2.45, 2.75) is 12.8 Å². The van der Waals surface area contributed by atoms with Crippen LogP contribution in [0, 0.1) is 5.92 Å². The zero-order chi connectivity index (χ0) is 18.2. The van der Waals surface area contributed by atoms with Crippen molar-refractivity contribution in [2.75, 3.05) is 5.32 Å². The standard InChI is InChI=1S/C21H17N5O/c27-21(14-8-9-14)24-20-17-11-16(15-7-4-10-22-12-15)18(23-19(17)25-26-20)13-5-2-1-3-6-13/h1-7,10-12,14H,8-9H2,(H2,23,24,25,26,27). The number of anilines is 1. The van der Waals surface area contributed by atoms with Crippen LogP contribution in [-0.4, -0.2) is 26.1 Å². The van der Waals surface area contributed by atoms with E-state index >= 15 is 0 Å². The smallest absolute Gasteiger partial charge is 0.228 e. The molecule has 3 aromatic heterocycles. The van der Waals surface area contributed by atoms with Gasteiger partial charge < -0.3 is 5.32 Å². The van der Waals surface area contributed by atoms with Crippen molar-refractivity contribution in [3.8, 4) is 22.4 Å². The lowest BCUT2D eigenvalue weighted by Gasteiger charge is -2.10. The van der Waals surface area contributed by atoms with Crippen LogP contribution < -0.4 is 5.32 Å². The van der Waals surface area contributed by atoms with E-state index in [1.165, 1.54) is 0 Å². The minimum atomic E-state index is 0.0264. The molecule has 5 rings (SSSR count). The number of aromatic nitrogens is 4. The van der Waals surface area contributed by atoms with E-state index in [0.29, 0.717) is 11.5 Å². The van der Waals surface area contributed by atoms with Gasteiger partial charge >= 0.3 is 0 Å². The molecule has 1 aliphatic carbocycles. The van der Waals surface area contributed by atoms with Crippen molar-refractivity contribution in [1.82, 2.24) is 20.2 Å². The monoisotopic (exact) mass is 355 g/mol. The van der Waals surface area contributed by atoms with Crippen LogP contribution >= 0.6 is 0 Å². The molecule has 1 amide bonds. The molecule has 1 saturated carbocycles. The highest BCUT2D eigenvalue weighted by Gasteiger charge is 2.30. The number of pyridine rings is 2. The summed E-state index contributed by atoms with van der Waals surface area (Å²) in [4.78, 5) is 21.2. The summed E-state index contributed by atoms with van der Waals surface area (Å²) in [5, 5.41) is 11.0. The van der Waals surface area contributed by atoms with Gasteiger partial charge in [-0.3, -0.25) is 14.9 Å². The van der Waals surface area contributed by atoms with Gasteiger partial charge in [0.15, 0.2) is 11.5 Å². The average molecular weight is 355 g/mol. The number of rotatable bonds is 4. The fraction of sp³-hybridized carbons (Fsp3) is 0.143. The van der Waals surface area contributed by atoms with Crippen molar-refractivity contribution >= 4 is 22.8 Å². The van der Waals surface area contributed by atoms with E-state index in [2.05, 4.69) is 20.5 Å². The number of amides is 1. The third kappa shape index (κ3) is 2.95. The lowest BCUT2D eigenvalue weighted by Crippen LogP contribution is -2.13. The second kappa shape index (κ2) is 6.32. The van der Waals surface area contributed by atoms with Crippen LogP contribution in [0.4, 0.5) is 5.82 Å². The van der Waals surface area contributed by atoms with E-state index in [9.17, 15) is 4.79 Å². The Labute approximate surface area is 155 Å². The lowest BCUT2D eigenvalue weighted by molar-refractivity contribution is -0.117. The molecule has 0 saturated heterocycles. The topological polar surface area (TPSA) is 83.6 Å². The van der Waals surface area contributed by atoms with Gasteiger partial charge in [0, 0.05) is 35.0 Å². The SMILES string of the molecule is O=C(Nc1n[nH]c2nc(-c3ccccc3)c(-c3cccnc3)cc12)C1CC1. The summed E-state index contributed by atoms with van der Waals surface area (Å²) in [7, 11) is 0. The molecule has 1 aliphatic rings. The van der Waals surface area contributed by atoms with Crippen LogP contribution in [0.3, 0.4) is 0 Å². The molecule has 2 N–H and O–H groups in total. The highest BCUT2D eigenvalue weighted by atomic mass is 16.2. The first-order valence-electron chi connectivity index (χ1n) is 8.95. The molecule has 3 heterocycles. The van der Waals surface area contributed by atoms with Crippen molar-refractivity contribution in [3.05, 3.63) is 60.9 Å². The number of carbonyl (C=O) groups excluding carboxylic acids is 1. The van der Waals surface area contributed by atoms with Gasteiger partial charge in [-0.25, -0.2) is 4.98 Å². The molecule has 0 unspecified atom stereocenters. The van der Waals surface area contributed by atoms with Crippen molar-refractivity contribution in [2.24, 2.45) is 5.92 Å². The Morgan fingerprint density at radius 3 is 2.63 bits per heavy atom. The van der Waals surface area contributed by atoms with E-state index in [0.717, 1.165) is 40.6 Å². The van der Waals surface area contributed by atoms with Gasteiger partial charge in [0.25, 0.3) is 0 Å². The Bertz CT molecular complexity index is 1120. The third-order valence-electron chi connectivity index (χ3n) is 4.76. The number of nitrogens with zero attached hydrogens (tertiary/aromatic N) is 3. The van der Waals surface area contributed by atoms with Gasteiger partial charge in [-0.05, 0) is 25.0 Å². The highest BCUT2D eigenvalue weighted by molar-refractivity contribution is 6.02. The molecule has 0 atom stereocenters. The summed E-state index contributed by atoms with van der Waals surface area (Å²) in [6.07, 6.45) is 5.46. The van der Waals surface area contributed by atoms with E-state index in [4.69, 9.17) is 4.98 Å². The molecule has 132 valence electrons. The first-order chi connectivity index (χ1) is 13.3. The number of aromatic amines is 1. The van der Waals surface area contributed by atoms with Crippen molar-refractivity contribution in [1.29, 1.82) is 0 Å². The predicted molar refractivity (Wildman–Crippen MR) is 104 cm³/mol. The molecule has 0 bridgehead atoms. The van der Waals surface area contributed by atoms with E-state index in [1.54, 1.807) is 6.20 Å². The molecule has 0 radical (unpaired) electrons. The summed E-state index contributed by atoms with van der Waals surface area (Å²) in [6, 6.07) is 15.9. The molecule has 6 nitrogen and oxygen atoms in total. The van der Waals surface area contributed by atoms with Crippen molar-refractivity contribution in [3.63, 3.8) is 0 Å². The van der Waals surface area contributed by atoms with Gasteiger partial charge in [0.2, 0.25) is 5.91 Å². The van der Waals surface area contributed by atoms with Gasteiger partial charge in [-0.2, -0.15) is 5.10 Å². The molecule has 0 aliphatic heterocycles. The Morgan fingerprint density at radius 1 is 1.07 bits per heavy atom. The van der Waals surface area contributed by atoms with E-state index < -0.39 is 0 Å². The second-order valence-electron chi connectivity index (χ2n) is 6.72. The fourth-order valence-electron chi connectivity index (χ4n) is 3.17. The predicted octanol–water partition coefficient (Wildman–Crippen LogP) is 4.04. The number of carbonyl (C=O) groups is 1. The fourth-order valence-corrected chi connectivity index (χ4v) is 3.17. The first kappa shape index (κ1) is 15.7. The van der Waals surface area contributed by atoms with Gasteiger partial charge in [0.05, 0.1) is 11.1 Å². The highest BCUT2D eigenvalue weighted by Crippen LogP contribution is 2.35. The van der Waals surface area contributed by atoms with Crippen LogP contribution in [0.5, 0.6) is 0 Å². The second-order valence-corrected chi connectivity index (χ2v) is 6.72. The molecule has 6 heteroatoms. The molecular weight excluding hydrogens is 338 g/mol. The molecule has 4 aromatic rings. The van der Waals surface area contributed by atoms with Crippen molar-refractivity contribution < 1.29 is 4.79 Å². The molecule has 27 heavy (non-hydrogen) atoms. The maximum atomic E-state index is 12.2. The number of H-pyrrole nitrogens is 1.